The lowest BCUT2D eigenvalue weighted by Gasteiger charge is -2.29. The molecule has 144 valence electrons. The summed E-state index contributed by atoms with van der Waals surface area (Å²) in [5.41, 5.74) is 3.58. The molecule has 1 amide bonds. The van der Waals surface area contributed by atoms with Crippen molar-refractivity contribution in [3.63, 3.8) is 0 Å². The van der Waals surface area contributed by atoms with Crippen LogP contribution < -0.4 is 10.6 Å². The van der Waals surface area contributed by atoms with Crippen molar-refractivity contribution in [3.05, 3.63) is 60.2 Å². The van der Waals surface area contributed by atoms with Gasteiger partial charge in [-0.3, -0.25) is 4.79 Å². The van der Waals surface area contributed by atoms with Crippen molar-refractivity contribution in [1.29, 1.82) is 0 Å². The maximum absolute atomic E-state index is 12.5. The van der Waals surface area contributed by atoms with Gasteiger partial charge in [0.2, 0.25) is 5.91 Å². The number of benzene rings is 2. The van der Waals surface area contributed by atoms with Crippen molar-refractivity contribution < 1.29 is 4.79 Å². The van der Waals surface area contributed by atoms with Gasteiger partial charge in [-0.15, -0.1) is 12.4 Å². The van der Waals surface area contributed by atoms with Gasteiger partial charge in [-0.25, -0.2) is 0 Å². The molecule has 2 saturated heterocycles. The zero-order valence-corrected chi connectivity index (χ0v) is 16.7. The molecule has 3 nitrogen and oxygen atoms in total. The molecule has 0 saturated carbocycles. The number of hydrogen-bond donors (Lipinski definition) is 2. The summed E-state index contributed by atoms with van der Waals surface area (Å²) in [7, 11) is 0. The number of fused-ring (bicyclic) bond motifs is 2. The number of piperidine rings is 1. The highest BCUT2D eigenvalue weighted by Gasteiger charge is 2.34. The molecule has 3 atom stereocenters. The minimum Gasteiger partial charge on any atom is -0.350 e. The van der Waals surface area contributed by atoms with Gasteiger partial charge >= 0.3 is 0 Å². The number of amides is 1. The zero-order chi connectivity index (χ0) is 17.9. The van der Waals surface area contributed by atoms with Crippen LogP contribution in [0.1, 0.15) is 50.6 Å². The fourth-order valence-electron chi connectivity index (χ4n) is 4.58. The Hall–Kier alpha value is -1.84. The topological polar surface area (TPSA) is 41.1 Å². The largest absolute Gasteiger partial charge is 0.350 e. The molecule has 2 fully saturated rings. The van der Waals surface area contributed by atoms with Crippen molar-refractivity contribution in [2.45, 2.75) is 57.2 Å². The second kappa shape index (κ2) is 8.90. The molecular weight excluding hydrogens is 356 g/mol. The van der Waals surface area contributed by atoms with E-state index in [-0.39, 0.29) is 24.4 Å². The summed E-state index contributed by atoms with van der Waals surface area (Å²) in [5, 5.41) is 6.84. The molecule has 3 unspecified atom stereocenters. The van der Waals surface area contributed by atoms with E-state index in [9.17, 15) is 4.79 Å². The Morgan fingerprint density at radius 2 is 1.59 bits per heavy atom. The third-order valence-corrected chi connectivity index (χ3v) is 5.94. The van der Waals surface area contributed by atoms with Gasteiger partial charge < -0.3 is 10.6 Å². The monoisotopic (exact) mass is 384 g/mol. The van der Waals surface area contributed by atoms with Crippen LogP contribution in [0.5, 0.6) is 0 Å². The highest BCUT2D eigenvalue weighted by Crippen LogP contribution is 2.32. The number of carbonyl (C=O) groups is 1. The van der Waals surface area contributed by atoms with E-state index in [1.54, 1.807) is 0 Å². The van der Waals surface area contributed by atoms with Crippen LogP contribution in [0.15, 0.2) is 54.6 Å². The molecular formula is C23H29ClN2O. The Morgan fingerprint density at radius 3 is 2.22 bits per heavy atom. The lowest BCUT2D eigenvalue weighted by atomic mass is 9.89. The fraction of sp³-hybridized carbons (Fsp3) is 0.435. The minimum absolute atomic E-state index is 0. The quantitative estimate of drug-likeness (QED) is 0.771. The SMILES string of the molecule is CC(NC(=O)CC1CC2CCC(C1)N2)c1ccc(-c2ccccc2)cc1.Cl. The molecule has 2 aromatic carbocycles. The Labute approximate surface area is 168 Å². The molecule has 2 bridgehead atoms. The van der Waals surface area contributed by atoms with E-state index in [2.05, 4.69) is 66.1 Å². The van der Waals surface area contributed by atoms with E-state index in [1.165, 1.54) is 24.0 Å². The maximum Gasteiger partial charge on any atom is 0.220 e. The molecule has 4 heteroatoms. The van der Waals surface area contributed by atoms with Gasteiger partial charge in [0.15, 0.2) is 0 Å². The van der Waals surface area contributed by atoms with Crippen LogP contribution in [0.2, 0.25) is 0 Å². The summed E-state index contributed by atoms with van der Waals surface area (Å²) in [6, 6.07) is 20.2. The summed E-state index contributed by atoms with van der Waals surface area (Å²) in [6.45, 7) is 2.07. The molecule has 2 aliphatic rings. The smallest absolute Gasteiger partial charge is 0.220 e. The van der Waals surface area contributed by atoms with Crippen molar-refractivity contribution in [3.8, 4) is 11.1 Å². The first-order valence-corrected chi connectivity index (χ1v) is 9.88. The number of carbonyl (C=O) groups excluding carboxylic acids is 1. The Bertz CT molecular complexity index is 735. The third-order valence-electron chi connectivity index (χ3n) is 5.94. The molecule has 0 aromatic heterocycles. The van der Waals surface area contributed by atoms with Gasteiger partial charge in [-0.2, -0.15) is 0 Å². The van der Waals surface area contributed by atoms with Gasteiger partial charge in [0.1, 0.15) is 0 Å². The molecule has 0 radical (unpaired) electrons. The predicted molar refractivity (Wildman–Crippen MR) is 113 cm³/mol. The average molecular weight is 385 g/mol. The van der Waals surface area contributed by atoms with E-state index < -0.39 is 0 Å². The van der Waals surface area contributed by atoms with Gasteiger partial charge in [-0.05, 0) is 55.2 Å². The number of hydrogen-bond acceptors (Lipinski definition) is 2. The minimum atomic E-state index is 0. The summed E-state index contributed by atoms with van der Waals surface area (Å²) in [6.07, 6.45) is 5.55. The van der Waals surface area contributed by atoms with Crippen molar-refractivity contribution >= 4 is 18.3 Å². The molecule has 0 spiro atoms. The third kappa shape index (κ3) is 4.91. The van der Waals surface area contributed by atoms with E-state index in [0.29, 0.717) is 24.4 Å². The summed E-state index contributed by atoms with van der Waals surface area (Å²) < 4.78 is 0. The maximum atomic E-state index is 12.5. The number of rotatable bonds is 5. The molecule has 2 aliphatic heterocycles. The first kappa shape index (κ1) is 19.9. The zero-order valence-electron chi connectivity index (χ0n) is 15.9. The van der Waals surface area contributed by atoms with Gasteiger partial charge in [-0.1, -0.05) is 54.6 Å². The highest BCUT2D eigenvalue weighted by atomic mass is 35.5. The molecule has 27 heavy (non-hydrogen) atoms. The highest BCUT2D eigenvalue weighted by molar-refractivity contribution is 5.85. The van der Waals surface area contributed by atoms with Crippen LogP contribution in [-0.4, -0.2) is 18.0 Å². The van der Waals surface area contributed by atoms with Crippen LogP contribution >= 0.6 is 12.4 Å². The first-order chi connectivity index (χ1) is 12.7. The van der Waals surface area contributed by atoms with Gasteiger partial charge in [0.05, 0.1) is 6.04 Å². The lowest BCUT2D eigenvalue weighted by molar-refractivity contribution is -0.122. The van der Waals surface area contributed by atoms with Gasteiger partial charge in [0.25, 0.3) is 0 Å². The standard InChI is InChI=1S/C23H28N2O.ClH/c1-16(18-7-9-20(10-8-18)19-5-3-2-4-6-19)24-23(26)15-17-13-21-11-12-22(14-17)25-21;/h2-10,16-17,21-22,25H,11-15H2,1H3,(H,24,26);1H. The van der Waals surface area contributed by atoms with Gasteiger partial charge in [0, 0.05) is 18.5 Å². The van der Waals surface area contributed by atoms with Crippen molar-refractivity contribution in [2.24, 2.45) is 5.92 Å². The Morgan fingerprint density at radius 1 is 1.00 bits per heavy atom. The van der Waals surface area contributed by atoms with Crippen molar-refractivity contribution in [1.82, 2.24) is 10.6 Å². The average Bonchev–Trinajstić information content (AvgIpc) is 3.00. The fourth-order valence-corrected chi connectivity index (χ4v) is 4.58. The predicted octanol–water partition coefficient (Wildman–Crippen LogP) is 4.87. The van der Waals surface area contributed by atoms with Crippen LogP contribution in [0.4, 0.5) is 0 Å². The Balaban J connectivity index is 0.00000210. The molecule has 2 heterocycles. The second-order valence-electron chi connectivity index (χ2n) is 7.96. The van der Waals surface area contributed by atoms with E-state index >= 15 is 0 Å². The van der Waals surface area contributed by atoms with Crippen molar-refractivity contribution in [2.75, 3.05) is 0 Å². The van der Waals surface area contributed by atoms with E-state index in [0.717, 1.165) is 18.4 Å². The lowest BCUT2D eigenvalue weighted by Crippen LogP contribution is -2.40. The number of nitrogens with one attached hydrogen (secondary N) is 2. The first-order valence-electron chi connectivity index (χ1n) is 9.88. The van der Waals surface area contributed by atoms with Crippen LogP contribution in [0.25, 0.3) is 11.1 Å². The molecule has 4 rings (SSSR count). The Kier molecular flexibility index (Phi) is 6.56. The normalized spacial score (nSPS) is 24.7. The molecule has 0 aliphatic carbocycles. The second-order valence-corrected chi connectivity index (χ2v) is 7.96. The molecule has 2 aromatic rings. The van der Waals surface area contributed by atoms with E-state index in [1.807, 2.05) is 6.07 Å². The van der Waals surface area contributed by atoms with Crippen LogP contribution in [0, 0.1) is 5.92 Å². The summed E-state index contributed by atoms with van der Waals surface area (Å²) in [4.78, 5) is 12.5. The van der Waals surface area contributed by atoms with Crippen LogP contribution in [0.3, 0.4) is 0 Å². The van der Waals surface area contributed by atoms with E-state index in [4.69, 9.17) is 0 Å². The summed E-state index contributed by atoms with van der Waals surface area (Å²) in [5.74, 6) is 0.734. The van der Waals surface area contributed by atoms with Crippen LogP contribution in [-0.2, 0) is 4.79 Å². The summed E-state index contributed by atoms with van der Waals surface area (Å²) >= 11 is 0. The molecule has 2 N–H and O–H groups in total. The number of halogens is 1.